The van der Waals surface area contributed by atoms with Gasteiger partial charge in [-0.2, -0.15) is 0 Å². The minimum Gasteiger partial charge on any atom is -0.497 e. The molecule has 1 heterocycles. The Balaban J connectivity index is 1.67. The molecule has 6 nitrogen and oxygen atoms in total. The van der Waals surface area contributed by atoms with E-state index in [1.54, 1.807) is 37.4 Å². The number of hydrogen-bond acceptors (Lipinski definition) is 5. The molecular formula is C19H21NO5. The number of nitrogens with one attached hydrogen (secondary N) is 1. The molecule has 132 valence electrons. The zero-order valence-electron chi connectivity index (χ0n) is 14.3. The molecule has 1 N–H and O–H groups in total. The number of hydrogen-bond donors (Lipinski definition) is 1. The van der Waals surface area contributed by atoms with Crippen molar-refractivity contribution in [2.24, 2.45) is 0 Å². The van der Waals surface area contributed by atoms with Crippen LogP contribution in [0.5, 0.6) is 23.0 Å². The number of benzene rings is 2. The summed E-state index contributed by atoms with van der Waals surface area (Å²) >= 11 is 0. The number of carbonyl (C=O) groups excluding carboxylic acids is 1. The number of rotatable bonds is 6. The molecule has 25 heavy (non-hydrogen) atoms. The first-order valence-electron chi connectivity index (χ1n) is 8.21. The van der Waals surface area contributed by atoms with Gasteiger partial charge in [-0.25, -0.2) is 0 Å². The molecule has 0 aliphatic carbocycles. The summed E-state index contributed by atoms with van der Waals surface area (Å²) in [5.74, 6) is 2.36. The van der Waals surface area contributed by atoms with Crippen LogP contribution in [0.4, 0.5) is 5.69 Å². The normalized spacial score (nSPS) is 13.7. The summed E-state index contributed by atoms with van der Waals surface area (Å²) in [7, 11) is 1.59. The lowest BCUT2D eigenvalue weighted by Crippen LogP contribution is -2.32. The first kappa shape index (κ1) is 17.0. The van der Waals surface area contributed by atoms with E-state index in [9.17, 15) is 4.79 Å². The molecule has 1 atom stereocenters. The Bertz CT molecular complexity index is 746. The maximum Gasteiger partial charge on any atom is 0.265 e. The fraction of sp³-hybridized carbons (Fsp3) is 0.316. The van der Waals surface area contributed by atoms with Crippen LogP contribution in [0.25, 0.3) is 0 Å². The van der Waals surface area contributed by atoms with E-state index in [2.05, 4.69) is 5.32 Å². The fourth-order valence-electron chi connectivity index (χ4n) is 2.50. The van der Waals surface area contributed by atoms with E-state index in [-0.39, 0.29) is 5.91 Å². The first-order chi connectivity index (χ1) is 12.2. The second-order valence-corrected chi connectivity index (χ2v) is 5.54. The van der Waals surface area contributed by atoms with Crippen LogP contribution in [0.2, 0.25) is 0 Å². The van der Waals surface area contributed by atoms with Gasteiger partial charge in [-0.15, -0.1) is 0 Å². The van der Waals surface area contributed by atoms with Gasteiger partial charge in [-0.1, -0.05) is 13.0 Å². The molecule has 3 rings (SSSR count). The summed E-state index contributed by atoms with van der Waals surface area (Å²) in [6.07, 6.45) is -0.0755. The summed E-state index contributed by atoms with van der Waals surface area (Å²) in [5, 5.41) is 2.86. The molecule has 2 aromatic carbocycles. The monoisotopic (exact) mass is 343 g/mol. The summed E-state index contributed by atoms with van der Waals surface area (Å²) < 4.78 is 22.0. The molecular weight excluding hydrogens is 322 g/mol. The van der Waals surface area contributed by atoms with Gasteiger partial charge < -0.3 is 24.3 Å². The van der Waals surface area contributed by atoms with E-state index < -0.39 is 6.10 Å². The number of ether oxygens (including phenoxy) is 4. The lowest BCUT2D eigenvalue weighted by molar-refractivity contribution is -0.122. The van der Waals surface area contributed by atoms with Crippen molar-refractivity contribution in [3.8, 4) is 23.0 Å². The lowest BCUT2D eigenvalue weighted by atomic mass is 10.2. The predicted molar refractivity (Wildman–Crippen MR) is 93.8 cm³/mol. The average molecular weight is 343 g/mol. The van der Waals surface area contributed by atoms with Gasteiger partial charge in [-0.3, -0.25) is 4.79 Å². The average Bonchev–Trinajstić information content (AvgIpc) is 2.66. The van der Waals surface area contributed by atoms with Crippen molar-refractivity contribution in [1.82, 2.24) is 0 Å². The van der Waals surface area contributed by atoms with Crippen LogP contribution < -0.4 is 24.3 Å². The van der Waals surface area contributed by atoms with Crippen molar-refractivity contribution in [3.63, 3.8) is 0 Å². The Morgan fingerprint density at radius 1 is 1.12 bits per heavy atom. The van der Waals surface area contributed by atoms with Gasteiger partial charge in [0.05, 0.1) is 7.11 Å². The minimum atomic E-state index is -0.611. The Labute approximate surface area is 146 Å². The van der Waals surface area contributed by atoms with Gasteiger partial charge in [0.25, 0.3) is 5.91 Å². The zero-order valence-corrected chi connectivity index (χ0v) is 14.3. The third-order valence-electron chi connectivity index (χ3n) is 3.79. The highest BCUT2D eigenvalue weighted by molar-refractivity contribution is 5.94. The molecule has 1 aliphatic heterocycles. The maximum atomic E-state index is 12.5. The van der Waals surface area contributed by atoms with E-state index >= 15 is 0 Å². The maximum absolute atomic E-state index is 12.5. The molecule has 0 fully saturated rings. The predicted octanol–water partition coefficient (Wildman–Crippen LogP) is 3.26. The summed E-state index contributed by atoms with van der Waals surface area (Å²) in [4.78, 5) is 12.5. The zero-order chi connectivity index (χ0) is 17.6. The SMILES string of the molecule is CC[C@@H](Oc1cccc(OC)c1)C(=O)Nc1ccc2c(c1)OCCO2. The van der Waals surface area contributed by atoms with Gasteiger partial charge in [0.15, 0.2) is 17.6 Å². The third-order valence-corrected chi connectivity index (χ3v) is 3.79. The second kappa shape index (κ2) is 7.79. The van der Waals surface area contributed by atoms with Crippen LogP contribution in [0.15, 0.2) is 42.5 Å². The number of anilines is 1. The van der Waals surface area contributed by atoms with Gasteiger partial charge in [0, 0.05) is 17.8 Å². The Kier molecular flexibility index (Phi) is 5.28. The first-order valence-corrected chi connectivity index (χ1v) is 8.21. The molecule has 0 bridgehead atoms. The van der Waals surface area contributed by atoms with Crippen LogP contribution in [-0.4, -0.2) is 32.3 Å². The fourth-order valence-corrected chi connectivity index (χ4v) is 2.50. The van der Waals surface area contributed by atoms with Crippen molar-refractivity contribution >= 4 is 11.6 Å². The third kappa shape index (κ3) is 4.15. The number of amides is 1. The summed E-state index contributed by atoms with van der Waals surface area (Å²) in [6, 6.07) is 12.5. The highest BCUT2D eigenvalue weighted by Crippen LogP contribution is 2.32. The molecule has 0 saturated heterocycles. The number of fused-ring (bicyclic) bond motifs is 1. The van der Waals surface area contributed by atoms with Crippen molar-refractivity contribution in [3.05, 3.63) is 42.5 Å². The standard InChI is InChI=1S/C19H21NO5/c1-3-16(25-15-6-4-5-14(12-15)22-2)19(21)20-13-7-8-17-18(11-13)24-10-9-23-17/h4-8,11-12,16H,3,9-10H2,1-2H3,(H,20,21)/t16-/m1/s1. The largest absolute Gasteiger partial charge is 0.497 e. The molecule has 0 saturated carbocycles. The van der Waals surface area contributed by atoms with Crippen molar-refractivity contribution < 1.29 is 23.7 Å². The van der Waals surface area contributed by atoms with Crippen LogP contribution in [0.3, 0.4) is 0 Å². The Morgan fingerprint density at radius 2 is 1.88 bits per heavy atom. The van der Waals surface area contributed by atoms with Crippen LogP contribution in [0, 0.1) is 0 Å². The van der Waals surface area contributed by atoms with E-state index in [4.69, 9.17) is 18.9 Å². The van der Waals surface area contributed by atoms with Crippen molar-refractivity contribution in [2.45, 2.75) is 19.4 Å². The van der Waals surface area contributed by atoms with E-state index in [0.717, 1.165) is 0 Å². The van der Waals surface area contributed by atoms with Crippen molar-refractivity contribution in [1.29, 1.82) is 0 Å². The topological polar surface area (TPSA) is 66.0 Å². The summed E-state index contributed by atoms with van der Waals surface area (Å²) in [5.41, 5.74) is 0.641. The van der Waals surface area contributed by atoms with Crippen LogP contribution >= 0.6 is 0 Å². The molecule has 0 aromatic heterocycles. The molecule has 0 unspecified atom stereocenters. The van der Waals surface area contributed by atoms with Gasteiger partial charge >= 0.3 is 0 Å². The molecule has 6 heteroatoms. The van der Waals surface area contributed by atoms with Gasteiger partial charge in [0.2, 0.25) is 0 Å². The van der Waals surface area contributed by atoms with Crippen LogP contribution in [-0.2, 0) is 4.79 Å². The lowest BCUT2D eigenvalue weighted by Gasteiger charge is -2.20. The highest BCUT2D eigenvalue weighted by Gasteiger charge is 2.20. The summed E-state index contributed by atoms with van der Waals surface area (Å²) in [6.45, 7) is 2.93. The Hall–Kier alpha value is -2.89. The molecule has 1 aliphatic rings. The van der Waals surface area contributed by atoms with Crippen molar-refractivity contribution in [2.75, 3.05) is 25.6 Å². The number of methoxy groups -OCH3 is 1. The molecule has 2 aromatic rings. The van der Waals surface area contributed by atoms with Crippen LogP contribution in [0.1, 0.15) is 13.3 Å². The molecule has 0 spiro atoms. The van der Waals surface area contributed by atoms with Gasteiger partial charge in [0.1, 0.15) is 24.7 Å². The Morgan fingerprint density at radius 3 is 2.64 bits per heavy atom. The second-order valence-electron chi connectivity index (χ2n) is 5.54. The van der Waals surface area contributed by atoms with E-state index in [1.165, 1.54) is 0 Å². The molecule has 1 amide bonds. The smallest absolute Gasteiger partial charge is 0.265 e. The van der Waals surface area contributed by atoms with E-state index in [1.807, 2.05) is 19.1 Å². The molecule has 0 radical (unpaired) electrons. The number of carbonyl (C=O) groups is 1. The minimum absolute atomic E-state index is 0.220. The van der Waals surface area contributed by atoms with E-state index in [0.29, 0.717) is 48.3 Å². The highest BCUT2D eigenvalue weighted by atomic mass is 16.6. The quantitative estimate of drug-likeness (QED) is 0.872. The van der Waals surface area contributed by atoms with Gasteiger partial charge in [-0.05, 0) is 30.7 Å².